The summed E-state index contributed by atoms with van der Waals surface area (Å²) in [5.41, 5.74) is 0.0173. The van der Waals surface area contributed by atoms with Crippen LogP contribution in [-0.4, -0.2) is 13.3 Å². The maximum atomic E-state index is 12.3. The van der Waals surface area contributed by atoms with Crippen LogP contribution in [0.15, 0.2) is 27.5 Å². The van der Waals surface area contributed by atoms with Gasteiger partial charge in [-0.15, -0.1) is 0 Å². The summed E-state index contributed by atoms with van der Waals surface area (Å²) in [7, 11) is -4.18. The molecule has 0 aliphatic heterocycles. The number of furan rings is 1. The van der Waals surface area contributed by atoms with Crippen LogP contribution < -0.4 is 4.72 Å². The van der Waals surface area contributed by atoms with Gasteiger partial charge < -0.3 is 4.42 Å². The monoisotopic (exact) mass is 355 g/mol. The number of sulfonamides is 1. The molecule has 0 spiro atoms. The normalized spacial score (nSPS) is 11.0. The van der Waals surface area contributed by atoms with E-state index in [0.29, 0.717) is 11.3 Å². The average Bonchev–Trinajstić information content (AvgIpc) is 2.72. The van der Waals surface area contributed by atoms with E-state index in [0.717, 1.165) is 18.2 Å². The third kappa shape index (κ3) is 3.13. The van der Waals surface area contributed by atoms with Crippen LogP contribution in [0.1, 0.15) is 16.9 Å². The summed E-state index contributed by atoms with van der Waals surface area (Å²) in [4.78, 5) is 9.69. The number of benzene rings is 1. The summed E-state index contributed by atoms with van der Waals surface area (Å²) in [6.07, 6.45) is 0. The van der Waals surface area contributed by atoms with Gasteiger partial charge in [0.15, 0.2) is 0 Å². The van der Waals surface area contributed by atoms with Crippen LogP contribution in [0, 0.1) is 35.3 Å². The van der Waals surface area contributed by atoms with Crippen molar-refractivity contribution in [3.05, 3.63) is 50.2 Å². The molecular weight excluding hydrogens is 346 g/mol. The van der Waals surface area contributed by atoms with E-state index in [1.54, 1.807) is 13.8 Å². The van der Waals surface area contributed by atoms with Gasteiger partial charge in [0.2, 0.25) is 5.88 Å². The van der Waals surface area contributed by atoms with Crippen molar-refractivity contribution in [1.29, 1.82) is 5.26 Å². The predicted molar refractivity (Wildman–Crippen MR) is 81.8 cm³/mol. The van der Waals surface area contributed by atoms with Gasteiger partial charge in [-0.3, -0.25) is 10.1 Å². The van der Waals surface area contributed by atoms with Crippen LogP contribution in [-0.2, 0) is 10.0 Å². The Labute approximate surface area is 136 Å². The summed E-state index contributed by atoms with van der Waals surface area (Å²) in [5, 5.41) is 19.7. The van der Waals surface area contributed by atoms with Crippen molar-refractivity contribution in [3.63, 3.8) is 0 Å². The van der Waals surface area contributed by atoms with Crippen LogP contribution in [0.2, 0.25) is 5.02 Å². The van der Waals surface area contributed by atoms with Gasteiger partial charge in [-0.05, 0) is 26.0 Å². The van der Waals surface area contributed by atoms with Crippen LogP contribution in [0.4, 0.5) is 11.6 Å². The molecule has 2 aromatic rings. The van der Waals surface area contributed by atoms with Crippen molar-refractivity contribution in [3.8, 4) is 6.07 Å². The molecule has 0 atom stereocenters. The van der Waals surface area contributed by atoms with Gasteiger partial charge in [0, 0.05) is 11.6 Å². The van der Waals surface area contributed by atoms with E-state index in [2.05, 4.69) is 4.72 Å². The molecule has 0 aliphatic rings. The van der Waals surface area contributed by atoms with Crippen molar-refractivity contribution in [2.45, 2.75) is 18.7 Å². The molecule has 0 saturated carbocycles. The molecule has 0 unspecified atom stereocenters. The second kappa shape index (κ2) is 5.91. The molecule has 0 saturated heterocycles. The van der Waals surface area contributed by atoms with Crippen LogP contribution in [0.25, 0.3) is 0 Å². The summed E-state index contributed by atoms with van der Waals surface area (Å²) in [6, 6.07) is 4.91. The number of nitro benzene ring substituents is 1. The summed E-state index contributed by atoms with van der Waals surface area (Å²) < 4.78 is 32.0. The standard InChI is InChI=1S/C13H10ClN3O5S/c1-7-8(2)22-13(10(7)6-15)16-23(20,21)9-3-4-11(14)12(5-9)17(18)19/h3-5,16H,1-2H3. The van der Waals surface area contributed by atoms with Crippen LogP contribution in [0.3, 0.4) is 0 Å². The molecule has 0 fully saturated rings. The zero-order chi connectivity index (χ0) is 17.4. The lowest BCUT2D eigenvalue weighted by Gasteiger charge is -2.06. The fraction of sp³-hybridized carbons (Fsp3) is 0.154. The Morgan fingerprint density at radius 3 is 2.61 bits per heavy atom. The number of hydrogen-bond donors (Lipinski definition) is 1. The van der Waals surface area contributed by atoms with E-state index in [9.17, 15) is 18.5 Å². The Balaban J connectivity index is 2.49. The third-order valence-corrected chi connectivity index (χ3v) is 4.80. The van der Waals surface area contributed by atoms with Crippen molar-refractivity contribution in [1.82, 2.24) is 0 Å². The third-order valence-electron chi connectivity index (χ3n) is 3.15. The number of nitriles is 1. The van der Waals surface area contributed by atoms with E-state index in [1.807, 2.05) is 6.07 Å². The van der Waals surface area contributed by atoms with Gasteiger partial charge in [0.1, 0.15) is 22.4 Å². The second-order valence-electron chi connectivity index (χ2n) is 4.58. The number of nitrogens with zero attached hydrogens (tertiary/aromatic N) is 2. The van der Waals surface area contributed by atoms with E-state index in [4.69, 9.17) is 21.3 Å². The van der Waals surface area contributed by atoms with Crippen molar-refractivity contribution in [2.75, 3.05) is 4.72 Å². The molecule has 1 aromatic carbocycles. The molecule has 1 N–H and O–H groups in total. The van der Waals surface area contributed by atoms with Gasteiger partial charge in [0.05, 0.1) is 9.82 Å². The van der Waals surface area contributed by atoms with Crippen molar-refractivity contribution < 1.29 is 17.8 Å². The Morgan fingerprint density at radius 2 is 2.04 bits per heavy atom. The van der Waals surface area contributed by atoms with Gasteiger partial charge in [-0.1, -0.05) is 11.6 Å². The van der Waals surface area contributed by atoms with Crippen molar-refractivity contribution >= 4 is 33.2 Å². The number of nitro groups is 1. The summed E-state index contributed by atoms with van der Waals surface area (Å²) in [5.74, 6) is 0.154. The lowest BCUT2D eigenvalue weighted by atomic mass is 10.2. The zero-order valence-electron chi connectivity index (χ0n) is 12.0. The fourth-order valence-electron chi connectivity index (χ4n) is 1.81. The molecular formula is C13H10ClN3O5S. The summed E-state index contributed by atoms with van der Waals surface area (Å²) in [6.45, 7) is 3.20. The first-order valence-electron chi connectivity index (χ1n) is 6.14. The maximum Gasteiger partial charge on any atom is 0.289 e. The number of nitrogens with one attached hydrogen (secondary N) is 1. The highest BCUT2D eigenvalue weighted by atomic mass is 35.5. The molecule has 0 radical (unpaired) electrons. The Hall–Kier alpha value is -2.57. The zero-order valence-corrected chi connectivity index (χ0v) is 13.5. The van der Waals surface area contributed by atoms with E-state index >= 15 is 0 Å². The van der Waals surface area contributed by atoms with E-state index < -0.39 is 20.6 Å². The van der Waals surface area contributed by atoms with Gasteiger partial charge in [-0.2, -0.15) is 5.26 Å². The molecule has 23 heavy (non-hydrogen) atoms. The van der Waals surface area contributed by atoms with Crippen molar-refractivity contribution in [2.24, 2.45) is 0 Å². The highest BCUT2D eigenvalue weighted by Gasteiger charge is 2.24. The second-order valence-corrected chi connectivity index (χ2v) is 6.66. The number of hydrogen-bond acceptors (Lipinski definition) is 6. The lowest BCUT2D eigenvalue weighted by Crippen LogP contribution is -2.13. The minimum absolute atomic E-state index is 0.0505. The first kappa shape index (κ1) is 16.8. The number of rotatable bonds is 4. The summed E-state index contributed by atoms with van der Waals surface area (Å²) >= 11 is 5.65. The Kier molecular flexibility index (Phi) is 4.31. The number of aryl methyl sites for hydroxylation is 1. The molecule has 2 rings (SSSR count). The molecule has 1 aromatic heterocycles. The topological polar surface area (TPSA) is 126 Å². The first-order valence-corrected chi connectivity index (χ1v) is 8.00. The minimum atomic E-state index is -4.18. The van der Waals surface area contributed by atoms with Gasteiger partial charge in [0.25, 0.3) is 15.7 Å². The number of anilines is 1. The Morgan fingerprint density at radius 1 is 1.39 bits per heavy atom. The highest BCUT2D eigenvalue weighted by Crippen LogP contribution is 2.30. The maximum absolute atomic E-state index is 12.3. The minimum Gasteiger partial charge on any atom is -0.443 e. The molecule has 0 amide bonds. The van der Waals surface area contributed by atoms with E-state index in [1.165, 1.54) is 0 Å². The smallest absolute Gasteiger partial charge is 0.289 e. The largest absolute Gasteiger partial charge is 0.443 e. The number of halogens is 1. The quantitative estimate of drug-likeness (QED) is 0.663. The van der Waals surface area contributed by atoms with Gasteiger partial charge >= 0.3 is 0 Å². The first-order chi connectivity index (χ1) is 10.7. The average molecular weight is 356 g/mol. The molecule has 10 heteroatoms. The van der Waals surface area contributed by atoms with E-state index in [-0.39, 0.29) is 21.4 Å². The molecule has 120 valence electrons. The fourth-order valence-corrected chi connectivity index (χ4v) is 3.02. The SMILES string of the molecule is Cc1oc(NS(=O)(=O)c2ccc(Cl)c([N+](=O)[O-])c2)c(C#N)c1C. The molecule has 8 nitrogen and oxygen atoms in total. The van der Waals surface area contributed by atoms with Crippen LogP contribution >= 0.6 is 11.6 Å². The molecule has 0 bridgehead atoms. The predicted octanol–water partition coefficient (Wildman–Crippen LogP) is 3.13. The highest BCUT2D eigenvalue weighted by molar-refractivity contribution is 7.92. The molecule has 1 heterocycles. The van der Waals surface area contributed by atoms with Gasteiger partial charge in [-0.25, -0.2) is 13.1 Å². The Bertz CT molecular complexity index is 943. The van der Waals surface area contributed by atoms with Crippen LogP contribution in [0.5, 0.6) is 0 Å². The molecule has 0 aliphatic carbocycles. The lowest BCUT2D eigenvalue weighted by molar-refractivity contribution is -0.384.